The van der Waals surface area contributed by atoms with Crippen molar-refractivity contribution in [2.24, 2.45) is 0 Å². The van der Waals surface area contributed by atoms with Gasteiger partial charge in [-0.1, -0.05) is 15.9 Å². The van der Waals surface area contributed by atoms with E-state index in [1.807, 2.05) is 0 Å². The highest BCUT2D eigenvalue weighted by atomic mass is 79.9. The monoisotopic (exact) mass is 270 g/mol. The molecule has 0 aliphatic heterocycles. The Kier molecular flexibility index (Phi) is 2.65. The second kappa shape index (κ2) is 3.81. The molecule has 80 valence electrons. The molecule has 1 amide bonds. The Morgan fingerprint density at radius 1 is 1.60 bits per heavy atom. The van der Waals surface area contributed by atoms with Crippen LogP contribution in [0.15, 0.2) is 23.1 Å². The molecule has 1 fully saturated rings. The molecule has 4 nitrogen and oxygen atoms in total. The van der Waals surface area contributed by atoms with Crippen LogP contribution in [0.5, 0.6) is 0 Å². The minimum atomic E-state index is -0.258. The number of hydrogen-bond acceptors (Lipinski definition) is 2. The van der Waals surface area contributed by atoms with Gasteiger partial charge in [-0.2, -0.15) is 0 Å². The van der Waals surface area contributed by atoms with E-state index in [2.05, 4.69) is 26.2 Å². The predicted octanol–water partition coefficient (Wildman–Crippen LogP) is 1.03. The Labute approximate surface area is 95.2 Å². The molecule has 1 saturated carbocycles. The highest BCUT2D eigenvalue weighted by Gasteiger charge is 2.42. The molecule has 0 unspecified atom stereocenters. The summed E-state index contributed by atoms with van der Waals surface area (Å²) < 4.78 is 0. The molecule has 0 radical (unpaired) electrons. The maximum Gasteiger partial charge on any atom is 0.251 e. The highest BCUT2D eigenvalue weighted by molar-refractivity contribution is 9.09. The van der Waals surface area contributed by atoms with Crippen LogP contribution in [-0.4, -0.2) is 21.8 Å². The van der Waals surface area contributed by atoms with Crippen LogP contribution >= 0.6 is 15.9 Å². The Bertz CT molecular complexity index is 437. The second-order valence-corrected chi connectivity index (χ2v) is 4.37. The molecule has 0 spiro atoms. The summed E-state index contributed by atoms with van der Waals surface area (Å²) in [6, 6.07) is 2.90. The van der Waals surface area contributed by atoms with E-state index < -0.39 is 0 Å². The number of alkyl halides is 1. The average Bonchev–Trinajstić information content (AvgIpc) is 2.98. The van der Waals surface area contributed by atoms with Crippen LogP contribution in [0.25, 0.3) is 0 Å². The standard InChI is InChI=1S/C10H11BrN2O2/c11-6-10(2-3-10)13-9(15)7-1-4-12-8(14)5-7/h1,4-5H,2-3,6H2,(H,12,14)(H,13,15). The van der Waals surface area contributed by atoms with E-state index in [1.165, 1.54) is 12.3 Å². The molecule has 0 bridgehead atoms. The number of hydrogen-bond donors (Lipinski definition) is 2. The normalized spacial score (nSPS) is 17.1. The van der Waals surface area contributed by atoms with Gasteiger partial charge in [0.1, 0.15) is 0 Å². The molecule has 1 aliphatic rings. The Hall–Kier alpha value is -1.10. The maximum atomic E-state index is 11.7. The van der Waals surface area contributed by atoms with Crippen LogP contribution < -0.4 is 10.9 Å². The summed E-state index contributed by atoms with van der Waals surface area (Å²) in [6.07, 6.45) is 3.46. The summed E-state index contributed by atoms with van der Waals surface area (Å²) in [4.78, 5) is 25.2. The van der Waals surface area contributed by atoms with Gasteiger partial charge in [0.25, 0.3) is 5.91 Å². The number of aromatic amines is 1. The van der Waals surface area contributed by atoms with Crippen molar-refractivity contribution >= 4 is 21.8 Å². The molecule has 15 heavy (non-hydrogen) atoms. The van der Waals surface area contributed by atoms with Gasteiger partial charge >= 0.3 is 0 Å². The van der Waals surface area contributed by atoms with E-state index >= 15 is 0 Å². The molecular formula is C10H11BrN2O2. The van der Waals surface area contributed by atoms with E-state index in [9.17, 15) is 9.59 Å². The first-order chi connectivity index (χ1) is 7.15. The molecule has 5 heteroatoms. The summed E-state index contributed by atoms with van der Waals surface area (Å²) in [6.45, 7) is 0. The highest BCUT2D eigenvalue weighted by Crippen LogP contribution is 2.37. The van der Waals surface area contributed by atoms with Crippen molar-refractivity contribution in [2.75, 3.05) is 5.33 Å². The first-order valence-corrected chi connectivity index (χ1v) is 5.85. The lowest BCUT2D eigenvalue weighted by atomic mass is 10.2. The molecule has 2 rings (SSSR count). The average molecular weight is 271 g/mol. The van der Waals surface area contributed by atoms with Gasteiger partial charge in [-0.15, -0.1) is 0 Å². The zero-order valence-corrected chi connectivity index (χ0v) is 9.63. The van der Waals surface area contributed by atoms with Crippen LogP contribution in [0, 0.1) is 0 Å². The van der Waals surface area contributed by atoms with Crippen molar-refractivity contribution in [2.45, 2.75) is 18.4 Å². The van der Waals surface area contributed by atoms with Crippen LogP contribution in [0.4, 0.5) is 0 Å². The van der Waals surface area contributed by atoms with E-state index in [0.717, 1.165) is 18.2 Å². The Morgan fingerprint density at radius 2 is 2.33 bits per heavy atom. The lowest BCUT2D eigenvalue weighted by molar-refractivity contribution is 0.0936. The number of carbonyl (C=O) groups is 1. The van der Waals surface area contributed by atoms with E-state index in [1.54, 1.807) is 6.07 Å². The molecule has 1 aromatic rings. The number of pyridine rings is 1. The van der Waals surface area contributed by atoms with Crippen LogP contribution in [0.3, 0.4) is 0 Å². The summed E-state index contributed by atoms with van der Waals surface area (Å²) in [5, 5.41) is 3.68. The van der Waals surface area contributed by atoms with Crippen molar-refractivity contribution in [3.63, 3.8) is 0 Å². The first-order valence-electron chi connectivity index (χ1n) is 4.72. The van der Waals surface area contributed by atoms with Gasteiger partial charge in [-0.25, -0.2) is 0 Å². The fourth-order valence-electron chi connectivity index (χ4n) is 1.34. The van der Waals surface area contributed by atoms with Gasteiger partial charge in [-0.3, -0.25) is 9.59 Å². The summed E-state index contributed by atoms with van der Waals surface area (Å²) in [5.41, 5.74) is 0.0666. The topological polar surface area (TPSA) is 62.0 Å². The molecule has 1 aromatic heterocycles. The molecule has 0 atom stereocenters. The van der Waals surface area contributed by atoms with Gasteiger partial charge in [0, 0.05) is 23.2 Å². The predicted molar refractivity (Wildman–Crippen MR) is 60.3 cm³/mol. The lowest BCUT2D eigenvalue weighted by Gasteiger charge is -2.13. The number of amides is 1. The molecular weight excluding hydrogens is 260 g/mol. The SMILES string of the molecule is O=C(NC1(CBr)CC1)c1cc[nH]c(=O)c1. The zero-order chi connectivity index (χ0) is 10.9. The summed E-state index contributed by atoms with van der Waals surface area (Å²) >= 11 is 3.37. The van der Waals surface area contributed by atoms with Gasteiger partial charge in [0.15, 0.2) is 0 Å². The van der Waals surface area contributed by atoms with Crippen molar-refractivity contribution in [1.82, 2.24) is 10.3 Å². The van der Waals surface area contributed by atoms with E-state index in [4.69, 9.17) is 0 Å². The van der Waals surface area contributed by atoms with Crippen LogP contribution in [0.1, 0.15) is 23.2 Å². The molecule has 0 aromatic carbocycles. The second-order valence-electron chi connectivity index (χ2n) is 3.81. The number of carbonyl (C=O) groups excluding carboxylic acids is 1. The molecule has 1 aliphatic carbocycles. The van der Waals surface area contributed by atoms with Gasteiger partial charge in [0.05, 0.1) is 5.54 Å². The van der Waals surface area contributed by atoms with Gasteiger partial charge in [0.2, 0.25) is 5.56 Å². The Balaban J connectivity index is 2.12. The van der Waals surface area contributed by atoms with Crippen LogP contribution in [0.2, 0.25) is 0 Å². The minimum absolute atomic E-state index is 0.0836. The molecule has 2 N–H and O–H groups in total. The summed E-state index contributed by atoms with van der Waals surface area (Å²) in [7, 11) is 0. The Morgan fingerprint density at radius 3 is 2.87 bits per heavy atom. The largest absolute Gasteiger partial charge is 0.346 e. The number of halogens is 1. The van der Waals surface area contributed by atoms with Gasteiger partial charge < -0.3 is 10.3 Å². The number of nitrogens with one attached hydrogen (secondary N) is 2. The van der Waals surface area contributed by atoms with Crippen LogP contribution in [-0.2, 0) is 0 Å². The van der Waals surface area contributed by atoms with E-state index in [-0.39, 0.29) is 17.0 Å². The van der Waals surface area contributed by atoms with Crippen molar-refractivity contribution in [3.8, 4) is 0 Å². The maximum absolute atomic E-state index is 11.7. The minimum Gasteiger partial charge on any atom is -0.346 e. The lowest BCUT2D eigenvalue weighted by Crippen LogP contribution is -2.38. The van der Waals surface area contributed by atoms with Crippen molar-refractivity contribution in [1.29, 1.82) is 0 Å². The third-order valence-corrected chi connectivity index (χ3v) is 3.60. The van der Waals surface area contributed by atoms with Crippen molar-refractivity contribution < 1.29 is 4.79 Å². The third kappa shape index (κ3) is 2.28. The zero-order valence-electron chi connectivity index (χ0n) is 8.05. The smallest absolute Gasteiger partial charge is 0.251 e. The molecule has 1 heterocycles. The number of aromatic nitrogens is 1. The number of rotatable bonds is 3. The van der Waals surface area contributed by atoms with Gasteiger partial charge in [-0.05, 0) is 18.9 Å². The fourth-order valence-corrected chi connectivity index (χ4v) is 2.04. The number of H-pyrrole nitrogens is 1. The third-order valence-electron chi connectivity index (χ3n) is 2.53. The van der Waals surface area contributed by atoms with E-state index in [0.29, 0.717) is 5.56 Å². The summed E-state index contributed by atoms with van der Waals surface area (Å²) in [5.74, 6) is -0.182. The van der Waals surface area contributed by atoms with Crippen molar-refractivity contribution in [3.05, 3.63) is 34.2 Å². The molecule has 0 saturated heterocycles. The quantitative estimate of drug-likeness (QED) is 0.807. The fraction of sp³-hybridized carbons (Fsp3) is 0.400. The first kappa shape index (κ1) is 10.4.